The molecule has 0 aromatic rings. The molecular formula is C10H17NO3. The lowest BCUT2D eigenvalue weighted by Crippen LogP contribution is -2.38. The highest BCUT2D eigenvalue weighted by Crippen LogP contribution is 2.03. The van der Waals surface area contributed by atoms with Crippen molar-refractivity contribution in [3.63, 3.8) is 0 Å². The van der Waals surface area contributed by atoms with Crippen LogP contribution >= 0.6 is 0 Å². The first-order valence-corrected chi connectivity index (χ1v) is 4.70. The number of hydrogen-bond donors (Lipinski definition) is 1. The lowest BCUT2D eigenvalue weighted by molar-refractivity contribution is 0.0272. The van der Waals surface area contributed by atoms with Crippen LogP contribution in [0, 0.1) is 0 Å². The standard InChI is InChI=1S/C10H17NO3/c1-9(12)10(2)14-8-5-11-3-6-13-7-4-11/h12H,1-8H2. The summed E-state index contributed by atoms with van der Waals surface area (Å²) < 4.78 is 10.4. The summed E-state index contributed by atoms with van der Waals surface area (Å²) in [5.74, 6) is 0.144. The summed E-state index contributed by atoms with van der Waals surface area (Å²) in [7, 11) is 0. The molecule has 0 bridgehead atoms. The second kappa shape index (κ2) is 5.67. The van der Waals surface area contributed by atoms with Crippen LogP contribution in [0.5, 0.6) is 0 Å². The molecule has 0 radical (unpaired) electrons. The van der Waals surface area contributed by atoms with Gasteiger partial charge in [0.25, 0.3) is 0 Å². The summed E-state index contributed by atoms with van der Waals surface area (Å²) >= 11 is 0. The van der Waals surface area contributed by atoms with Crippen molar-refractivity contribution >= 4 is 0 Å². The Balaban J connectivity index is 2.08. The maximum Gasteiger partial charge on any atom is 0.153 e. The molecule has 1 saturated heterocycles. The number of morpholine rings is 1. The minimum atomic E-state index is -0.105. The summed E-state index contributed by atoms with van der Waals surface area (Å²) in [6.07, 6.45) is 0. The van der Waals surface area contributed by atoms with E-state index in [2.05, 4.69) is 18.1 Å². The van der Waals surface area contributed by atoms with Gasteiger partial charge in [0.15, 0.2) is 5.76 Å². The van der Waals surface area contributed by atoms with Crippen LogP contribution in [0.25, 0.3) is 0 Å². The molecular weight excluding hydrogens is 182 g/mol. The van der Waals surface area contributed by atoms with E-state index in [4.69, 9.17) is 14.6 Å². The molecule has 0 spiro atoms. The predicted octanol–water partition coefficient (Wildman–Crippen LogP) is 0.921. The maximum absolute atomic E-state index is 8.91. The lowest BCUT2D eigenvalue weighted by Gasteiger charge is -2.26. The van der Waals surface area contributed by atoms with Gasteiger partial charge in [-0.05, 0) is 0 Å². The number of hydrogen-bond acceptors (Lipinski definition) is 4. The number of nitrogens with zero attached hydrogens (tertiary/aromatic N) is 1. The molecule has 1 rings (SSSR count). The van der Waals surface area contributed by atoms with Gasteiger partial charge in [0, 0.05) is 19.6 Å². The largest absolute Gasteiger partial charge is 0.505 e. The quantitative estimate of drug-likeness (QED) is 0.528. The van der Waals surface area contributed by atoms with Crippen LogP contribution in [0.4, 0.5) is 0 Å². The third-order valence-electron chi connectivity index (χ3n) is 2.11. The number of aliphatic hydroxyl groups excluding tert-OH is 1. The third-order valence-corrected chi connectivity index (χ3v) is 2.11. The van der Waals surface area contributed by atoms with E-state index in [1.807, 2.05) is 0 Å². The summed E-state index contributed by atoms with van der Waals surface area (Å²) in [6.45, 7) is 11.6. The van der Waals surface area contributed by atoms with E-state index in [0.29, 0.717) is 6.61 Å². The second-order valence-corrected chi connectivity index (χ2v) is 3.17. The van der Waals surface area contributed by atoms with Crippen molar-refractivity contribution in [2.45, 2.75) is 0 Å². The van der Waals surface area contributed by atoms with Crippen LogP contribution in [0.3, 0.4) is 0 Å². The van der Waals surface area contributed by atoms with E-state index < -0.39 is 0 Å². The molecule has 0 atom stereocenters. The monoisotopic (exact) mass is 199 g/mol. The Morgan fingerprint density at radius 3 is 2.57 bits per heavy atom. The van der Waals surface area contributed by atoms with Crippen LogP contribution in [0.2, 0.25) is 0 Å². The van der Waals surface area contributed by atoms with Crippen molar-refractivity contribution < 1.29 is 14.6 Å². The fourth-order valence-corrected chi connectivity index (χ4v) is 1.21. The van der Waals surface area contributed by atoms with Crippen molar-refractivity contribution in [1.82, 2.24) is 4.90 Å². The molecule has 14 heavy (non-hydrogen) atoms. The highest BCUT2D eigenvalue weighted by Gasteiger charge is 2.09. The van der Waals surface area contributed by atoms with E-state index >= 15 is 0 Å². The molecule has 1 aliphatic heterocycles. The van der Waals surface area contributed by atoms with Crippen LogP contribution in [-0.4, -0.2) is 49.5 Å². The van der Waals surface area contributed by atoms with Crippen LogP contribution in [0.15, 0.2) is 24.7 Å². The molecule has 0 amide bonds. The van der Waals surface area contributed by atoms with Gasteiger partial charge in [0.2, 0.25) is 0 Å². The van der Waals surface area contributed by atoms with Gasteiger partial charge in [-0.25, -0.2) is 0 Å². The molecule has 0 saturated carbocycles. The van der Waals surface area contributed by atoms with Crippen molar-refractivity contribution in [2.24, 2.45) is 0 Å². The zero-order valence-corrected chi connectivity index (χ0v) is 8.37. The fourth-order valence-electron chi connectivity index (χ4n) is 1.21. The minimum absolute atomic E-state index is 0.105. The molecule has 1 N–H and O–H groups in total. The molecule has 1 heterocycles. The Hall–Kier alpha value is -1.00. The van der Waals surface area contributed by atoms with Crippen molar-refractivity contribution in [1.29, 1.82) is 0 Å². The molecule has 0 aromatic carbocycles. The van der Waals surface area contributed by atoms with E-state index in [1.165, 1.54) is 0 Å². The molecule has 4 heteroatoms. The topological polar surface area (TPSA) is 41.9 Å². The van der Waals surface area contributed by atoms with E-state index in [-0.39, 0.29) is 11.5 Å². The van der Waals surface area contributed by atoms with Gasteiger partial charge in [0.1, 0.15) is 12.4 Å². The van der Waals surface area contributed by atoms with Gasteiger partial charge in [-0.3, -0.25) is 4.90 Å². The van der Waals surface area contributed by atoms with E-state index in [1.54, 1.807) is 0 Å². The highest BCUT2D eigenvalue weighted by atomic mass is 16.5. The van der Waals surface area contributed by atoms with Crippen molar-refractivity contribution in [3.05, 3.63) is 24.7 Å². The molecule has 0 aromatic heterocycles. The number of ether oxygens (including phenoxy) is 2. The molecule has 0 unspecified atom stereocenters. The fraction of sp³-hybridized carbons (Fsp3) is 0.600. The van der Waals surface area contributed by atoms with Gasteiger partial charge in [-0.2, -0.15) is 0 Å². The van der Waals surface area contributed by atoms with Crippen LogP contribution in [-0.2, 0) is 9.47 Å². The summed E-state index contributed by atoms with van der Waals surface area (Å²) in [5.41, 5.74) is 0. The van der Waals surface area contributed by atoms with E-state index in [0.717, 1.165) is 32.8 Å². The summed E-state index contributed by atoms with van der Waals surface area (Å²) in [6, 6.07) is 0. The van der Waals surface area contributed by atoms with Gasteiger partial charge < -0.3 is 14.6 Å². The molecule has 1 aliphatic rings. The van der Waals surface area contributed by atoms with Crippen LogP contribution in [0.1, 0.15) is 0 Å². The van der Waals surface area contributed by atoms with E-state index in [9.17, 15) is 0 Å². The normalized spacial score (nSPS) is 17.7. The predicted molar refractivity (Wildman–Crippen MR) is 54.1 cm³/mol. The maximum atomic E-state index is 8.91. The zero-order valence-electron chi connectivity index (χ0n) is 8.37. The Kier molecular flexibility index (Phi) is 4.49. The number of aliphatic hydroxyl groups is 1. The smallest absolute Gasteiger partial charge is 0.153 e. The average molecular weight is 199 g/mol. The van der Waals surface area contributed by atoms with Crippen molar-refractivity contribution in [2.75, 3.05) is 39.5 Å². The second-order valence-electron chi connectivity index (χ2n) is 3.17. The highest BCUT2D eigenvalue weighted by molar-refractivity contribution is 5.09. The minimum Gasteiger partial charge on any atom is -0.505 e. The molecule has 4 nitrogen and oxygen atoms in total. The van der Waals surface area contributed by atoms with Crippen molar-refractivity contribution in [3.8, 4) is 0 Å². The lowest BCUT2D eigenvalue weighted by atomic mass is 10.4. The summed E-state index contributed by atoms with van der Waals surface area (Å²) in [4.78, 5) is 2.25. The zero-order chi connectivity index (χ0) is 10.4. The first-order chi connectivity index (χ1) is 6.70. The Labute approximate surface area is 84.4 Å². The first kappa shape index (κ1) is 11.1. The SMILES string of the molecule is C=C(O)C(=C)OCCN1CCOCC1. The summed E-state index contributed by atoms with van der Waals surface area (Å²) in [5, 5.41) is 8.91. The number of rotatable bonds is 5. The van der Waals surface area contributed by atoms with Crippen LogP contribution < -0.4 is 0 Å². The Morgan fingerprint density at radius 1 is 1.36 bits per heavy atom. The third kappa shape index (κ3) is 3.81. The molecule has 0 aliphatic carbocycles. The van der Waals surface area contributed by atoms with Gasteiger partial charge in [0.05, 0.1) is 13.2 Å². The molecule has 1 fully saturated rings. The van der Waals surface area contributed by atoms with Gasteiger partial charge >= 0.3 is 0 Å². The molecule has 80 valence electrons. The van der Waals surface area contributed by atoms with Gasteiger partial charge in [-0.1, -0.05) is 13.2 Å². The average Bonchev–Trinajstić information content (AvgIpc) is 2.19. The first-order valence-electron chi connectivity index (χ1n) is 4.70. The Morgan fingerprint density at radius 2 is 2.00 bits per heavy atom. The van der Waals surface area contributed by atoms with Gasteiger partial charge in [-0.15, -0.1) is 0 Å². The Bertz CT molecular complexity index is 209.